The van der Waals surface area contributed by atoms with Gasteiger partial charge in [0, 0.05) is 17.5 Å². The summed E-state index contributed by atoms with van der Waals surface area (Å²) in [7, 11) is 0. The lowest BCUT2D eigenvalue weighted by Crippen LogP contribution is -1.98. The fourth-order valence-corrected chi connectivity index (χ4v) is 1.83. The van der Waals surface area contributed by atoms with E-state index in [9.17, 15) is 20.2 Å². The molecule has 2 rings (SSSR count). The first-order chi connectivity index (χ1) is 8.40. The summed E-state index contributed by atoms with van der Waals surface area (Å²) in [6.07, 6.45) is 0. The summed E-state index contributed by atoms with van der Waals surface area (Å²) in [5.74, 6) is 0. The van der Waals surface area contributed by atoms with Crippen LogP contribution < -0.4 is 0 Å². The van der Waals surface area contributed by atoms with Crippen molar-refractivity contribution in [3.8, 4) is 0 Å². The van der Waals surface area contributed by atoms with Crippen LogP contribution in [0.5, 0.6) is 0 Å². The Kier molecular flexibility index (Phi) is 2.97. The number of nitrogens with zero attached hydrogens (tertiary/aromatic N) is 4. The van der Waals surface area contributed by atoms with Crippen LogP contribution in [0.25, 0.3) is 10.9 Å². The Morgan fingerprint density at radius 2 is 1.56 bits per heavy atom. The molecule has 1 heterocycles. The van der Waals surface area contributed by atoms with E-state index in [1.54, 1.807) is 0 Å². The zero-order valence-electron chi connectivity index (χ0n) is 8.33. The quantitative estimate of drug-likeness (QED) is 0.363. The molecule has 0 aliphatic heterocycles. The van der Waals surface area contributed by atoms with Gasteiger partial charge in [-0.3, -0.25) is 20.2 Å². The van der Waals surface area contributed by atoms with Crippen molar-refractivity contribution in [3.05, 3.63) is 42.8 Å². The molecule has 8 nitrogen and oxygen atoms in total. The standard InChI is InChI=1S/C8H2Cl2N4O4/c9-7-3-1-5(13(15)16)6(14(17)18)2-4(3)11-8(10)12-7/h1-2H. The summed E-state index contributed by atoms with van der Waals surface area (Å²) in [6.45, 7) is 0. The number of hydrogen-bond acceptors (Lipinski definition) is 6. The van der Waals surface area contributed by atoms with Crippen LogP contribution in [0, 0.1) is 20.2 Å². The maximum Gasteiger partial charge on any atom is 0.348 e. The molecular formula is C8H2Cl2N4O4. The first-order valence-corrected chi connectivity index (χ1v) is 5.11. The molecule has 10 heteroatoms. The number of halogens is 2. The van der Waals surface area contributed by atoms with Gasteiger partial charge in [-0.05, 0) is 11.6 Å². The van der Waals surface area contributed by atoms with E-state index < -0.39 is 21.2 Å². The molecule has 0 saturated heterocycles. The number of fused-ring (bicyclic) bond motifs is 1. The Labute approximate surface area is 108 Å². The SMILES string of the molecule is O=[N+]([O-])c1cc2nc(Cl)nc(Cl)c2cc1[N+](=O)[O-]. The van der Waals surface area contributed by atoms with Gasteiger partial charge in [0.2, 0.25) is 5.28 Å². The number of nitro benzene ring substituents is 2. The van der Waals surface area contributed by atoms with Crippen LogP contribution in [0.4, 0.5) is 11.4 Å². The van der Waals surface area contributed by atoms with Gasteiger partial charge in [-0.1, -0.05) is 11.6 Å². The van der Waals surface area contributed by atoms with Gasteiger partial charge in [0.05, 0.1) is 15.4 Å². The van der Waals surface area contributed by atoms with Crippen LogP contribution in [0.2, 0.25) is 10.4 Å². The molecule has 0 spiro atoms. The number of aromatic nitrogens is 2. The van der Waals surface area contributed by atoms with Crippen molar-refractivity contribution < 1.29 is 9.85 Å². The van der Waals surface area contributed by atoms with Crippen molar-refractivity contribution in [2.75, 3.05) is 0 Å². The minimum Gasteiger partial charge on any atom is -0.258 e. The van der Waals surface area contributed by atoms with E-state index in [4.69, 9.17) is 23.2 Å². The number of rotatable bonds is 2. The highest BCUT2D eigenvalue weighted by molar-refractivity contribution is 6.35. The van der Waals surface area contributed by atoms with Crippen molar-refractivity contribution in [1.29, 1.82) is 0 Å². The second-order valence-electron chi connectivity index (χ2n) is 3.16. The van der Waals surface area contributed by atoms with Crippen molar-refractivity contribution in [3.63, 3.8) is 0 Å². The molecule has 0 aliphatic rings. The smallest absolute Gasteiger partial charge is 0.258 e. The molecule has 0 aliphatic carbocycles. The molecule has 18 heavy (non-hydrogen) atoms. The molecule has 2 aromatic rings. The summed E-state index contributed by atoms with van der Waals surface area (Å²) >= 11 is 11.3. The van der Waals surface area contributed by atoms with Gasteiger partial charge in [0.1, 0.15) is 5.15 Å². The lowest BCUT2D eigenvalue weighted by Gasteiger charge is -2.01. The average Bonchev–Trinajstić information content (AvgIpc) is 2.26. The Hall–Kier alpha value is -2.06. The van der Waals surface area contributed by atoms with Crippen molar-refractivity contribution in [1.82, 2.24) is 9.97 Å². The Balaban J connectivity index is 2.89. The third kappa shape index (κ3) is 2.03. The molecule has 0 amide bonds. The van der Waals surface area contributed by atoms with Crippen LogP contribution in [0.3, 0.4) is 0 Å². The van der Waals surface area contributed by atoms with Gasteiger partial charge in [-0.25, -0.2) is 9.97 Å². The molecule has 0 N–H and O–H groups in total. The second kappa shape index (κ2) is 4.31. The predicted molar refractivity (Wildman–Crippen MR) is 62.9 cm³/mol. The minimum absolute atomic E-state index is 0.0669. The van der Waals surface area contributed by atoms with E-state index in [1.807, 2.05) is 0 Å². The third-order valence-corrected chi connectivity index (χ3v) is 2.57. The van der Waals surface area contributed by atoms with E-state index >= 15 is 0 Å². The van der Waals surface area contributed by atoms with Crippen LogP contribution in [0.1, 0.15) is 0 Å². The molecule has 92 valence electrons. The highest BCUT2D eigenvalue weighted by atomic mass is 35.5. The maximum atomic E-state index is 10.7. The van der Waals surface area contributed by atoms with E-state index in [0.717, 1.165) is 12.1 Å². The van der Waals surface area contributed by atoms with Gasteiger partial charge in [-0.15, -0.1) is 0 Å². The van der Waals surface area contributed by atoms with E-state index in [0.29, 0.717) is 0 Å². The first-order valence-electron chi connectivity index (χ1n) is 4.35. The molecule has 0 unspecified atom stereocenters. The van der Waals surface area contributed by atoms with E-state index in [2.05, 4.69) is 9.97 Å². The third-order valence-electron chi connectivity index (χ3n) is 2.11. The van der Waals surface area contributed by atoms with Crippen molar-refractivity contribution >= 4 is 45.5 Å². The van der Waals surface area contributed by atoms with Crippen LogP contribution in [-0.2, 0) is 0 Å². The zero-order valence-corrected chi connectivity index (χ0v) is 9.84. The van der Waals surface area contributed by atoms with E-state index in [1.165, 1.54) is 0 Å². The van der Waals surface area contributed by atoms with Crippen LogP contribution >= 0.6 is 23.2 Å². The monoisotopic (exact) mass is 288 g/mol. The summed E-state index contributed by atoms with van der Waals surface area (Å²) in [5.41, 5.74) is -1.30. The highest BCUT2D eigenvalue weighted by Gasteiger charge is 2.26. The van der Waals surface area contributed by atoms with Gasteiger partial charge in [0.25, 0.3) is 0 Å². The van der Waals surface area contributed by atoms with Gasteiger partial charge < -0.3 is 0 Å². The number of benzene rings is 1. The van der Waals surface area contributed by atoms with Gasteiger partial charge in [0.15, 0.2) is 0 Å². The molecule has 0 saturated carbocycles. The summed E-state index contributed by atoms with van der Waals surface area (Å²) in [5, 5.41) is 21.3. The predicted octanol–water partition coefficient (Wildman–Crippen LogP) is 2.75. The van der Waals surface area contributed by atoms with Crippen LogP contribution in [-0.4, -0.2) is 19.8 Å². The van der Waals surface area contributed by atoms with Crippen molar-refractivity contribution in [2.24, 2.45) is 0 Å². The zero-order chi connectivity index (χ0) is 13.4. The number of hydrogen-bond donors (Lipinski definition) is 0. The second-order valence-corrected chi connectivity index (χ2v) is 3.85. The highest BCUT2D eigenvalue weighted by Crippen LogP contribution is 2.33. The number of nitro groups is 2. The summed E-state index contributed by atoms with van der Waals surface area (Å²) in [4.78, 5) is 27.1. The minimum atomic E-state index is -0.874. The van der Waals surface area contributed by atoms with Crippen LogP contribution in [0.15, 0.2) is 12.1 Å². The van der Waals surface area contributed by atoms with E-state index in [-0.39, 0.29) is 21.3 Å². The fourth-order valence-electron chi connectivity index (χ4n) is 1.38. The van der Waals surface area contributed by atoms with Gasteiger partial charge >= 0.3 is 11.4 Å². The Morgan fingerprint density at radius 1 is 1.00 bits per heavy atom. The molecule has 0 fully saturated rings. The lowest BCUT2D eigenvalue weighted by atomic mass is 10.2. The first kappa shape index (κ1) is 12.4. The Bertz CT molecular complexity index is 690. The lowest BCUT2D eigenvalue weighted by molar-refractivity contribution is -0.422. The van der Waals surface area contributed by atoms with Crippen molar-refractivity contribution in [2.45, 2.75) is 0 Å². The fraction of sp³-hybridized carbons (Fsp3) is 0. The molecule has 0 atom stereocenters. The normalized spacial score (nSPS) is 10.6. The molecule has 1 aromatic heterocycles. The maximum absolute atomic E-state index is 10.7. The summed E-state index contributed by atoms with van der Waals surface area (Å²) in [6, 6.07) is 1.89. The molecule has 0 bridgehead atoms. The van der Waals surface area contributed by atoms with Gasteiger partial charge in [-0.2, -0.15) is 0 Å². The largest absolute Gasteiger partial charge is 0.348 e. The average molecular weight is 289 g/mol. The molecule has 0 radical (unpaired) electrons. The topological polar surface area (TPSA) is 112 Å². The molecule has 1 aromatic carbocycles. The summed E-state index contributed by atoms with van der Waals surface area (Å²) < 4.78 is 0. The molecular weight excluding hydrogens is 287 g/mol. The Morgan fingerprint density at radius 3 is 2.11 bits per heavy atom.